The van der Waals surface area contributed by atoms with Crippen molar-refractivity contribution in [2.24, 2.45) is 5.73 Å². The average molecular weight is 312 g/mol. The van der Waals surface area contributed by atoms with Gasteiger partial charge in [0, 0.05) is 24.6 Å². The molecular formula is C15H22ClN3O2. The predicted molar refractivity (Wildman–Crippen MR) is 84.3 cm³/mol. The molecule has 5 nitrogen and oxygen atoms in total. The molecule has 0 aliphatic carbocycles. The molecule has 21 heavy (non-hydrogen) atoms. The third kappa shape index (κ3) is 5.73. The molecule has 116 valence electrons. The van der Waals surface area contributed by atoms with E-state index in [-0.39, 0.29) is 18.3 Å². The van der Waals surface area contributed by atoms with Crippen molar-refractivity contribution in [2.75, 3.05) is 6.54 Å². The van der Waals surface area contributed by atoms with Crippen LogP contribution in [0.2, 0.25) is 0 Å². The minimum absolute atomic E-state index is 0. The molecule has 1 aliphatic rings. The zero-order valence-corrected chi connectivity index (χ0v) is 12.7. The maximum Gasteiger partial charge on any atom is 0.248 e. The lowest BCUT2D eigenvalue weighted by Gasteiger charge is -2.10. The van der Waals surface area contributed by atoms with Crippen LogP contribution in [0.1, 0.15) is 41.6 Å². The largest absolute Gasteiger partial charge is 0.366 e. The number of carbonyl (C=O) groups excluding carboxylic acids is 2. The first-order chi connectivity index (χ1) is 9.65. The van der Waals surface area contributed by atoms with E-state index >= 15 is 0 Å². The van der Waals surface area contributed by atoms with Crippen LogP contribution in [0.5, 0.6) is 0 Å². The van der Waals surface area contributed by atoms with Gasteiger partial charge in [-0.3, -0.25) is 9.59 Å². The van der Waals surface area contributed by atoms with Gasteiger partial charge in [0.1, 0.15) is 0 Å². The van der Waals surface area contributed by atoms with Gasteiger partial charge in [-0.05, 0) is 43.5 Å². The summed E-state index contributed by atoms with van der Waals surface area (Å²) in [6.45, 7) is 1.49. The molecule has 1 aromatic carbocycles. The summed E-state index contributed by atoms with van der Waals surface area (Å²) in [5.41, 5.74) is 6.57. The lowest BCUT2D eigenvalue weighted by Crippen LogP contribution is -2.27. The summed E-state index contributed by atoms with van der Waals surface area (Å²) in [6, 6.07) is 7.49. The van der Waals surface area contributed by atoms with E-state index in [9.17, 15) is 9.59 Å². The SMILES string of the molecule is Cl.NC(=O)c1cccc(CNC(=O)CCC2CCCN2)c1. The summed E-state index contributed by atoms with van der Waals surface area (Å²) in [5, 5.41) is 6.24. The Morgan fingerprint density at radius 2 is 2.19 bits per heavy atom. The Bertz CT molecular complexity index is 488. The molecule has 0 aromatic heterocycles. The van der Waals surface area contributed by atoms with Crippen molar-refractivity contribution in [3.63, 3.8) is 0 Å². The number of carbonyl (C=O) groups is 2. The summed E-state index contributed by atoms with van der Waals surface area (Å²) in [7, 11) is 0. The minimum atomic E-state index is -0.453. The Balaban J connectivity index is 0.00000220. The smallest absolute Gasteiger partial charge is 0.248 e. The second-order valence-electron chi connectivity index (χ2n) is 5.17. The van der Waals surface area contributed by atoms with Gasteiger partial charge in [0.2, 0.25) is 11.8 Å². The standard InChI is InChI=1S/C15H21N3O2.ClH/c16-15(20)12-4-1-3-11(9-12)10-18-14(19)7-6-13-5-2-8-17-13;/h1,3-4,9,13,17H,2,5-8,10H2,(H2,16,20)(H,18,19);1H. The third-order valence-electron chi connectivity index (χ3n) is 3.58. The van der Waals surface area contributed by atoms with Crippen LogP contribution in [-0.4, -0.2) is 24.4 Å². The van der Waals surface area contributed by atoms with Crippen molar-refractivity contribution in [1.29, 1.82) is 0 Å². The van der Waals surface area contributed by atoms with Gasteiger partial charge in [-0.1, -0.05) is 12.1 Å². The van der Waals surface area contributed by atoms with E-state index in [2.05, 4.69) is 10.6 Å². The normalized spacial score (nSPS) is 17.0. The van der Waals surface area contributed by atoms with Crippen LogP contribution in [0.4, 0.5) is 0 Å². The number of benzene rings is 1. The fourth-order valence-corrected chi connectivity index (χ4v) is 2.43. The maximum absolute atomic E-state index is 11.8. The van der Waals surface area contributed by atoms with E-state index < -0.39 is 5.91 Å². The molecule has 0 radical (unpaired) electrons. The number of rotatable bonds is 6. The van der Waals surface area contributed by atoms with Crippen molar-refractivity contribution in [3.05, 3.63) is 35.4 Å². The van der Waals surface area contributed by atoms with Gasteiger partial charge in [-0.25, -0.2) is 0 Å². The zero-order chi connectivity index (χ0) is 14.4. The lowest BCUT2D eigenvalue weighted by molar-refractivity contribution is -0.121. The fraction of sp³-hybridized carbons (Fsp3) is 0.467. The van der Waals surface area contributed by atoms with Crippen LogP contribution >= 0.6 is 12.4 Å². The van der Waals surface area contributed by atoms with E-state index in [1.54, 1.807) is 18.2 Å². The Kier molecular flexibility index (Phi) is 7.19. The Hall–Kier alpha value is -1.59. The van der Waals surface area contributed by atoms with Gasteiger partial charge in [0.05, 0.1) is 0 Å². The van der Waals surface area contributed by atoms with Gasteiger partial charge in [-0.15, -0.1) is 12.4 Å². The predicted octanol–water partition coefficient (Wildman–Crippen LogP) is 1.36. The van der Waals surface area contributed by atoms with Gasteiger partial charge < -0.3 is 16.4 Å². The second-order valence-corrected chi connectivity index (χ2v) is 5.17. The summed E-state index contributed by atoms with van der Waals surface area (Å²) in [4.78, 5) is 22.8. The van der Waals surface area contributed by atoms with E-state index in [0.717, 1.165) is 24.9 Å². The minimum Gasteiger partial charge on any atom is -0.366 e. The summed E-state index contributed by atoms with van der Waals surface area (Å²) < 4.78 is 0. The first kappa shape index (κ1) is 17.5. The van der Waals surface area contributed by atoms with Crippen LogP contribution in [0.3, 0.4) is 0 Å². The zero-order valence-electron chi connectivity index (χ0n) is 11.9. The van der Waals surface area contributed by atoms with Gasteiger partial charge in [0.15, 0.2) is 0 Å². The highest BCUT2D eigenvalue weighted by molar-refractivity contribution is 5.92. The van der Waals surface area contributed by atoms with Gasteiger partial charge in [0.25, 0.3) is 0 Å². The van der Waals surface area contributed by atoms with Gasteiger partial charge >= 0.3 is 0 Å². The molecule has 1 heterocycles. The van der Waals surface area contributed by atoms with Crippen molar-refractivity contribution >= 4 is 24.2 Å². The van der Waals surface area contributed by atoms with E-state index in [1.165, 1.54) is 6.42 Å². The van der Waals surface area contributed by atoms with E-state index in [1.807, 2.05) is 6.07 Å². The lowest BCUT2D eigenvalue weighted by atomic mass is 10.1. The highest BCUT2D eigenvalue weighted by Gasteiger charge is 2.15. The molecule has 1 aliphatic heterocycles. The van der Waals surface area contributed by atoms with Crippen LogP contribution in [0.25, 0.3) is 0 Å². The molecule has 1 aromatic rings. The molecule has 6 heteroatoms. The van der Waals surface area contributed by atoms with Crippen molar-refractivity contribution in [1.82, 2.24) is 10.6 Å². The first-order valence-electron chi connectivity index (χ1n) is 7.04. The third-order valence-corrected chi connectivity index (χ3v) is 3.58. The van der Waals surface area contributed by atoms with Crippen molar-refractivity contribution in [3.8, 4) is 0 Å². The van der Waals surface area contributed by atoms with Gasteiger partial charge in [-0.2, -0.15) is 0 Å². The summed E-state index contributed by atoms with van der Waals surface area (Å²) >= 11 is 0. The number of amides is 2. The fourth-order valence-electron chi connectivity index (χ4n) is 2.43. The van der Waals surface area contributed by atoms with Crippen LogP contribution in [0, 0.1) is 0 Å². The number of nitrogens with one attached hydrogen (secondary N) is 2. The van der Waals surface area contributed by atoms with Crippen molar-refractivity contribution < 1.29 is 9.59 Å². The van der Waals surface area contributed by atoms with E-state index in [0.29, 0.717) is 24.6 Å². The topological polar surface area (TPSA) is 84.2 Å². The number of hydrogen-bond acceptors (Lipinski definition) is 3. The quantitative estimate of drug-likeness (QED) is 0.741. The van der Waals surface area contributed by atoms with Crippen LogP contribution in [0.15, 0.2) is 24.3 Å². The first-order valence-corrected chi connectivity index (χ1v) is 7.04. The highest BCUT2D eigenvalue weighted by atomic mass is 35.5. The molecule has 1 unspecified atom stereocenters. The molecule has 4 N–H and O–H groups in total. The highest BCUT2D eigenvalue weighted by Crippen LogP contribution is 2.10. The average Bonchev–Trinajstić information content (AvgIpc) is 2.96. The number of halogens is 1. The van der Waals surface area contributed by atoms with E-state index in [4.69, 9.17) is 5.73 Å². The Morgan fingerprint density at radius 3 is 2.86 bits per heavy atom. The molecule has 2 amide bonds. The van der Waals surface area contributed by atoms with Crippen LogP contribution in [-0.2, 0) is 11.3 Å². The second kappa shape index (κ2) is 8.64. The summed E-state index contributed by atoms with van der Waals surface area (Å²) in [6.07, 6.45) is 3.78. The Labute approximate surface area is 131 Å². The molecule has 0 bridgehead atoms. The summed E-state index contributed by atoms with van der Waals surface area (Å²) in [5.74, 6) is -0.409. The molecule has 2 rings (SSSR count). The molecule has 1 fully saturated rings. The molecule has 1 atom stereocenters. The van der Waals surface area contributed by atoms with Crippen LogP contribution < -0.4 is 16.4 Å². The number of primary amides is 1. The monoisotopic (exact) mass is 311 g/mol. The molecule has 1 saturated heterocycles. The van der Waals surface area contributed by atoms with Crippen molar-refractivity contribution in [2.45, 2.75) is 38.3 Å². The Morgan fingerprint density at radius 1 is 1.38 bits per heavy atom. The molecule has 0 spiro atoms. The number of nitrogens with two attached hydrogens (primary N) is 1. The number of hydrogen-bond donors (Lipinski definition) is 3. The maximum atomic E-state index is 11.8. The molecular weight excluding hydrogens is 290 g/mol. The molecule has 0 saturated carbocycles.